The van der Waals surface area contributed by atoms with Gasteiger partial charge in [-0.25, -0.2) is 4.39 Å². The molecular formula is C24H24BFO3. The van der Waals surface area contributed by atoms with Gasteiger partial charge < -0.3 is 14.2 Å². The zero-order valence-electron chi connectivity index (χ0n) is 17.1. The molecule has 0 aliphatic rings. The maximum absolute atomic E-state index is 13.6. The molecule has 0 unspecified atom stereocenters. The number of hydrogen-bond acceptors (Lipinski definition) is 3. The molecule has 1 aromatic heterocycles. The third-order valence-corrected chi connectivity index (χ3v) is 5.80. The molecular weight excluding hydrogens is 366 g/mol. The van der Waals surface area contributed by atoms with Crippen LogP contribution >= 0.6 is 0 Å². The molecule has 0 aliphatic carbocycles. The molecule has 5 heteroatoms. The number of aliphatic hydroxyl groups is 1. The minimum atomic E-state index is -0.978. The molecule has 4 rings (SSSR count). The van der Waals surface area contributed by atoms with Crippen LogP contribution in [0.2, 0.25) is 0 Å². The van der Waals surface area contributed by atoms with Crippen LogP contribution in [-0.2, 0) is 4.65 Å². The molecule has 4 aromatic rings. The lowest BCUT2D eigenvalue weighted by Gasteiger charge is -2.37. The van der Waals surface area contributed by atoms with Gasteiger partial charge in [0.05, 0.1) is 11.2 Å². The molecule has 0 aliphatic heterocycles. The molecule has 148 valence electrons. The Labute approximate surface area is 170 Å². The van der Waals surface area contributed by atoms with Gasteiger partial charge >= 0.3 is 7.48 Å². The van der Waals surface area contributed by atoms with Crippen LogP contribution in [0.5, 0.6) is 0 Å². The van der Waals surface area contributed by atoms with E-state index in [1.165, 1.54) is 12.1 Å². The molecule has 0 atom stereocenters. The number of fused-ring (bicyclic) bond motifs is 3. The molecule has 1 N–H and O–H groups in total. The largest absolute Gasteiger partial charge is 0.457 e. The van der Waals surface area contributed by atoms with E-state index >= 15 is 0 Å². The van der Waals surface area contributed by atoms with Crippen molar-refractivity contribution in [3.05, 3.63) is 66.5 Å². The van der Waals surface area contributed by atoms with Crippen molar-refractivity contribution in [3.63, 3.8) is 0 Å². The van der Waals surface area contributed by atoms with Gasteiger partial charge in [0.25, 0.3) is 0 Å². The lowest BCUT2D eigenvalue weighted by Crippen LogP contribution is -2.49. The van der Waals surface area contributed by atoms with Gasteiger partial charge in [0.15, 0.2) is 0 Å². The molecule has 0 radical (unpaired) electrons. The minimum absolute atomic E-state index is 0.256. The average molecular weight is 390 g/mol. The van der Waals surface area contributed by atoms with E-state index in [0.29, 0.717) is 7.48 Å². The number of furan rings is 1. The SMILES string of the molecule is CC(C)(O)C(C)(C)OBc1cccc2c1oc1ccc(-c3cccc(F)c3)cc12. The summed E-state index contributed by atoms with van der Waals surface area (Å²) in [5.41, 5.74) is 2.53. The summed E-state index contributed by atoms with van der Waals surface area (Å²) in [5.74, 6) is -0.256. The van der Waals surface area contributed by atoms with E-state index < -0.39 is 11.2 Å². The highest BCUT2D eigenvalue weighted by Gasteiger charge is 2.35. The summed E-state index contributed by atoms with van der Waals surface area (Å²) in [4.78, 5) is 0. The number of benzene rings is 3. The summed E-state index contributed by atoms with van der Waals surface area (Å²) in [6, 6.07) is 18.4. The fraction of sp³-hybridized carbons (Fsp3) is 0.250. The first-order chi connectivity index (χ1) is 13.7. The van der Waals surface area contributed by atoms with E-state index in [1.54, 1.807) is 19.9 Å². The Morgan fingerprint density at radius 3 is 2.34 bits per heavy atom. The number of para-hydroxylation sites is 1. The molecule has 3 aromatic carbocycles. The smallest absolute Gasteiger partial charge is 0.313 e. The van der Waals surface area contributed by atoms with E-state index in [9.17, 15) is 9.50 Å². The molecule has 29 heavy (non-hydrogen) atoms. The van der Waals surface area contributed by atoms with E-state index in [2.05, 4.69) is 0 Å². The van der Waals surface area contributed by atoms with Crippen molar-refractivity contribution in [3.8, 4) is 11.1 Å². The Bertz CT molecular complexity index is 1190. The molecule has 0 spiro atoms. The summed E-state index contributed by atoms with van der Waals surface area (Å²) in [6.45, 7) is 7.22. The Balaban J connectivity index is 1.75. The van der Waals surface area contributed by atoms with Gasteiger partial charge in [0.1, 0.15) is 17.0 Å². The van der Waals surface area contributed by atoms with Gasteiger partial charge in [-0.3, -0.25) is 0 Å². The number of halogens is 1. The topological polar surface area (TPSA) is 42.6 Å². The van der Waals surface area contributed by atoms with Gasteiger partial charge in [-0.1, -0.05) is 36.4 Å². The highest BCUT2D eigenvalue weighted by Crippen LogP contribution is 2.32. The van der Waals surface area contributed by atoms with Gasteiger partial charge in [-0.05, 0) is 68.6 Å². The normalized spacial score (nSPS) is 12.6. The molecule has 0 fully saturated rings. The summed E-state index contributed by atoms with van der Waals surface area (Å²) in [7, 11) is 0.324. The molecule has 0 bridgehead atoms. The first-order valence-corrected chi connectivity index (χ1v) is 9.72. The average Bonchev–Trinajstić information content (AvgIpc) is 3.04. The van der Waals surface area contributed by atoms with Crippen molar-refractivity contribution in [2.24, 2.45) is 0 Å². The van der Waals surface area contributed by atoms with E-state index in [4.69, 9.17) is 9.07 Å². The van der Waals surface area contributed by atoms with E-state index in [0.717, 1.165) is 38.5 Å². The lowest BCUT2D eigenvalue weighted by molar-refractivity contribution is -0.0893. The van der Waals surface area contributed by atoms with Crippen molar-refractivity contribution in [1.29, 1.82) is 0 Å². The van der Waals surface area contributed by atoms with Crippen LogP contribution in [0.3, 0.4) is 0 Å². The standard InChI is InChI=1S/C24H24BFO3/c1-23(2,27)24(3,4)29-25-20-10-6-9-18-19-14-16(11-12-21(19)28-22(18)20)15-7-5-8-17(26)13-15/h5-14,25,27H,1-4H3. The third kappa shape index (κ3) is 3.68. The van der Waals surface area contributed by atoms with Crippen molar-refractivity contribution in [1.82, 2.24) is 0 Å². The zero-order valence-corrected chi connectivity index (χ0v) is 17.1. The van der Waals surface area contributed by atoms with Crippen LogP contribution < -0.4 is 5.46 Å². The van der Waals surface area contributed by atoms with E-state index in [1.807, 2.05) is 56.3 Å². The summed E-state index contributed by atoms with van der Waals surface area (Å²) < 4.78 is 25.8. The molecule has 0 saturated heterocycles. The third-order valence-electron chi connectivity index (χ3n) is 5.80. The summed E-state index contributed by atoms with van der Waals surface area (Å²) in [5, 5.41) is 12.3. The molecule has 1 heterocycles. The second kappa shape index (κ2) is 7.01. The molecule has 0 amide bonds. The predicted molar refractivity (Wildman–Crippen MR) is 117 cm³/mol. The fourth-order valence-corrected chi connectivity index (χ4v) is 3.25. The van der Waals surface area contributed by atoms with Gasteiger partial charge in [0.2, 0.25) is 0 Å². The Hall–Kier alpha value is -2.63. The fourth-order valence-electron chi connectivity index (χ4n) is 3.25. The second-order valence-electron chi connectivity index (χ2n) is 8.48. The van der Waals surface area contributed by atoms with Crippen LogP contribution in [0.1, 0.15) is 27.7 Å². The Kier molecular flexibility index (Phi) is 4.76. The van der Waals surface area contributed by atoms with Crippen LogP contribution in [0, 0.1) is 5.82 Å². The first kappa shape index (κ1) is 19.7. The second-order valence-corrected chi connectivity index (χ2v) is 8.48. The predicted octanol–water partition coefficient (Wildman–Crippen LogP) is 4.94. The molecule has 0 saturated carbocycles. The van der Waals surface area contributed by atoms with Crippen LogP contribution in [-0.4, -0.2) is 23.8 Å². The summed E-state index contributed by atoms with van der Waals surface area (Å²) in [6.07, 6.45) is 0. The lowest BCUT2D eigenvalue weighted by atomic mass is 9.82. The van der Waals surface area contributed by atoms with Gasteiger partial charge in [-0.15, -0.1) is 0 Å². The van der Waals surface area contributed by atoms with Crippen molar-refractivity contribution < 1.29 is 18.6 Å². The molecule has 3 nitrogen and oxygen atoms in total. The highest BCUT2D eigenvalue weighted by atomic mass is 19.1. The number of hydrogen-bond donors (Lipinski definition) is 1. The zero-order chi connectivity index (χ0) is 20.8. The van der Waals surface area contributed by atoms with E-state index in [-0.39, 0.29) is 5.82 Å². The first-order valence-electron chi connectivity index (χ1n) is 9.72. The quantitative estimate of drug-likeness (QED) is 0.491. The monoisotopic (exact) mass is 390 g/mol. The Morgan fingerprint density at radius 1 is 0.897 bits per heavy atom. The number of rotatable bonds is 5. The van der Waals surface area contributed by atoms with Crippen molar-refractivity contribution in [2.45, 2.75) is 38.9 Å². The highest BCUT2D eigenvalue weighted by molar-refractivity contribution is 6.51. The van der Waals surface area contributed by atoms with Crippen LogP contribution in [0.25, 0.3) is 33.1 Å². The Morgan fingerprint density at radius 2 is 1.62 bits per heavy atom. The van der Waals surface area contributed by atoms with Crippen LogP contribution in [0.15, 0.2) is 65.1 Å². The maximum Gasteiger partial charge on any atom is 0.313 e. The maximum atomic E-state index is 13.6. The van der Waals surface area contributed by atoms with Gasteiger partial charge in [0, 0.05) is 10.8 Å². The minimum Gasteiger partial charge on any atom is -0.457 e. The van der Waals surface area contributed by atoms with Crippen LogP contribution in [0.4, 0.5) is 4.39 Å². The summed E-state index contributed by atoms with van der Waals surface area (Å²) >= 11 is 0. The van der Waals surface area contributed by atoms with Gasteiger partial charge in [-0.2, -0.15) is 0 Å². The van der Waals surface area contributed by atoms with Crippen molar-refractivity contribution >= 4 is 34.9 Å². The van der Waals surface area contributed by atoms with Crippen molar-refractivity contribution in [2.75, 3.05) is 0 Å².